The van der Waals surface area contributed by atoms with Crippen LogP contribution in [0.4, 0.5) is 5.69 Å². The number of hydrogen-bond acceptors (Lipinski definition) is 4. The summed E-state index contributed by atoms with van der Waals surface area (Å²) in [4.78, 5) is 38.2. The van der Waals surface area contributed by atoms with Crippen LogP contribution in [0.3, 0.4) is 0 Å². The number of anilines is 1. The van der Waals surface area contributed by atoms with Gasteiger partial charge in [-0.1, -0.05) is 41.4 Å². The molecule has 0 saturated carbocycles. The number of carbonyl (C=O) groups is 3. The van der Waals surface area contributed by atoms with E-state index in [9.17, 15) is 14.4 Å². The maximum absolute atomic E-state index is 12.4. The highest BCUT2D eigenvalue weighted by atomic mass is 35.5. The number of halogens is 2. The largest absolute Gasteiger partial charge is 0.452 e. The molecule has 1 aliphatic rings. The molecule has 1 saturated heterocycles. The Bertz CT molecular complexity index is 978. The Hall–Kier alpha value is -2.57. The minimum absolute atomic E-state index is 0.0322. The molecule has 3 rings (SSSR count). The van der Waals surface area contributed by atoms with Gasteiger partial charge in [0.2, 0.25) is 5.91 Å². The Morgan fingerprint density at radius 2 is 1.84 bits per heavy atom. The Labute approximate surface area is 191 Å². The number of esters is 1. The first-order valence-electron chi connectivity index (χ1n) is 10.1. The molecule has 1 aliphatic heterocycles. The van der Waals surface area contributed by atoms with Gasteiger partial charge in [-0.3, -0.25) is 14.4 Å². The summed E-state index contributed by atoms with van der Waals surface area (Å²) >= 11 is 12.1. The number of nitrogens with one attached hydrogen (secondary N) is 1. The van der Waals surface area contributed by atoms with Gasteiger partial charge in [0.1, 0.15) is 0 Å². The normalized spacial score (nSPS) is 15.5. The summed E-state index contributed by atoms with van der Waals surface area (Å²) in [6.07, 6.45) is 0.499. The Morgan fingerprint density at radius 1 is 1.13 bits per heavy atom. The van der Waals surface area contributed by atoms with Crippen molar-refractivity contribution in [2.45, 2.75) is 45.3 Å². The van der Waals surface area contributed by atoms with Gasteiger partial charge in [-0.05, 0) is 55.7 Å². The zero-order valence-electron chi connectivity index (χ0n) is 17.4. The molecule has 1 fully saturated rings. The third-order valence-electron chi connectivity index (χ3n) is 5.14. The van der Waals surface area contributed by atoms with Crippen molar-refractivity contribution in [3.63, 3.8) is 0 Å². The summed E-state index contributed by atoms with van der Waals surface area (Å²) in [5.74, 6) is -0.819. The van der Waals surface area contributed by atoms with Crippen molar-refractivity contribution in [1.82, 2.24) is 5.32 Å². The number of benzene rings is 2. The van der Waals surface area contributed by atoms with Gasteiger partial charge in [0, 0.05) is 28.7 Å². The molecule has 8 heteroatoms. The van der Waals surface area contributed by atoms with Crippen LogP contribution in [0.2, 0.25) is 10.0 Å². The van der Waals surface area contributed by atoms with E-state index >= 15 is 0 Å². The number of nitrogens with zero attached hydrogens (tertiary/aromatic N) is 1. The molecule has 1 heterocycles. The minimum Gasteiger partial charge on any atom is -0.452 e. The third kappa shape index (κ3) is 5.99. The van der Waals surface area contributed by atoms with E-state index in [-0.39, 0.29) is 18.4 Å². The first-order valence-corrected chi connectivity index (χ1v) is 10.8. The van der Waals surface area contributed by atoms with Crippen LogP contribution in [-0.2, 0) is 25.5 Å². The summed E-state index contributed by atoms with van der Waals surface area (Å²) in [6, 6.07) is 11.9. The van der Waals surface area contributed by atoms with Crippen molar-refractivity contribution in [1.29, 1.82) is 0 Å². The van der Waals surface area contributed by atoms with E-state index in [0.717, 1.165) is 23.2 Å². The maximum atomic E-state index is 12.4. The SMILES string of the molecule is CC(OC(=O)Cc1ccc(N2CCCC2=O)cc1)C(=O)NC(C)c1ccc(Cl)cc1Cl. The lowest BCUT2D eigenvalue weighted by Crippen LogP contribution is -2.37. The maximum Gasteiger partial charge on any atom is 0.311 e. The fourth-order valence-electron chi connectivity index (χ4n) is 3.44. The van der Waals surface area contributed by atoms with Crippen molar-refractivity contribution in [3.05, 3.63) is 63.6 Å². The molecule has 0 radical (unpaired) electrons. The molecule has 2 amide bonds. The van der Waals surface area contributed by atoms with E-state index in [4.69, 9.17) is 27.9 Å². The quantitative estimate of drug-likeness (QED) is 0.615. The molecular weight excluding hydrogens is 439 g/mol. The van der Waals surface area contributed by atoms with Gasteiger partial charge in [-0.25, -0.2) is 0 Å². The van der Waals surface area contributed by atoms with Gasteiger partial charge in [0.15, 0.2) is 6.10 Å². The Morgan fingerprint density at radius 3 is 2.45 bits per heavy atom. The average molecular weight is 463 g/mol. The van der Waals surface area contributed by atoms with E-state index in [1.54, 1.807) is 42.2 Å². The molecule has 0 aliphatic carbocycles. The van der Waals surface area contributed by atoms with Crippen molar-refractivity contribution in [2.75, 3.05) is 11.4 Å². The molecule has 2 unspecified atom stereocenters. The van der Waals surface area contributed by atoms with Gasteiger partial charge in [0.25, 0.3) is 5.91 Å². The molecular formula is C23H24Cl2N2O4. The van der Waals surface area contributed by atoms with Crippen LogP contribution in [0.25, 0.3) is 0 Å². The van der Waals surface area contributed by atoms with Crippen LogP contribution < -0.4 is 10.2 Å². The predicted octanol–water partition coefficient (Wildman–Crippen LogP) is 4.47. The molecule has 0 bridgehead atoms. The lowest BCUT2D eigenvalue weighted by Gasteiger charge is -2.19. The highest BCUT2D eigenvalue weighted by Crippen LogP contribution is 2.26. The van der Waals surface area contributed by atoms with Gasteiger partial charge in [-0.2, -0.15) is 0 Å². The third-order valence-corrected chi connectivity index (χ3v) is 5.70. The summed E-state index contributed by atoms with van der Waals surface area (Å²) in [6.45, 7) is 4.02. The van der Waals surface area contributed by atoms with E-state index in [1.807, 2.05) is 12.1 Å². The number of carbonyl (C=O) groups excluding carboxylic acids is 3. The summed E-state index contributed by atoms with van der Waals surface area (Å²) in [5, 5.41) is 3.74. The van der Waals surface area contributed by atoms with E-state index in [0.29, 0.717) is 23.0 Å². The summed E-state index contributed by atoms with van der Waals surface area (Å²) in [7, 11) is 0. The first-order chi connectivity index (χ1) is 14.7. The second-order valence-corrected chi connectivity index (χ2v) is 8.36. The highest BCUT2D eigenvalue weighted by molar-refractivity contribution is 6.35. The van der Waals surface area contributed by atoms with Gasteiger partial charge < -0.3 is 15.0 Å². The standard InChI is InChI=1S/C23H24Cl2N2O4/c1-14(19-10-7-17(24)13-20(19)25)26-23(30)15(2)31-22(29)12-16-5-8-18(9-6-16)27-11-3-4-21(27)28/h5-10,13-15H,3-4,11-12H2,1-2H3,(H,26,30). The second-order valence-electron chi connectivity index (χ2n) is 7.52. The van der Waals surface area contributed by atoms with E-state index < -0.39 is 18.0 Å². The first kappa shape index (κ1) is 23.1. The predicted molar refractivity (Wildman–Crippen MR) is 120 cm³/mol. The molecule has 2 aromatic carbocycles. The lowest BCUT2D eigenvalue weighted by molar-refractivity contribution is -0.154. The molecule has 164 valence electrons. The van der Waals surface area contributed by atoms with Crippen LogP contribution in [0.5, 0.6) is 0 Å². The number of amides is 2. The van der Waals surface area contributed by atoms with Crippen LogP contribution in [0.1, 0.15) is 43.9 Å². The molecule has 2 aromatic rings. The van der Waals surface area contributed by atoms with E-state index in [2.05, 4.69) is 5.32 Å². The molecule has 31 heavy (non-hydrogen) atoms. The van der Waals surface area contributed by atoms with Gasteiger partial charge in [-0.15, -0.1) is 0 Å². The van der Waals surface area contributed by atoms with Crippen molar-refractivity contribution < 1.29 is 19.1 Å². The summed E-state index contributed by atoms with van der Waals surface area (Å²) < 4.78 is 5.28. The smallest absolute Gasteiger partial charge is 0.311 e. The van der Waals surface area contributed by atoms with Crippen molar-refractivity contribution >= 4 is 46.7 Å². The monoisotopic (exact) mass is 462 g/mol. The minimum atomic E-state index is -0.956. The van der Waals surface area contributed by atoms with Crippen LogP contribution in [0, 0.1) is 0 Å². The molecule has 2 atom stereocenters. The Kier molecular flexibility index (Phi) is 7.57. The van der Waals surface area contributed by atoms with E-state index in [1.165, 1.54) is 6.92 Å². The zero-order chi connectivity index (χ0) is 22.5. The number of rotatable bonds is 7. The average Bonchev–Trinajstić information content (AvgIpc) is 3.14. The number of hydrogen-bond donors (Lipinski definition) is 1. The van der Waals surface area contributed by atoms with Crippen LogP contribution in [0.15, 0.2) is 42.5 Å². The lowest BCUT2D eigenvalue weighted by atomic mass is 10.1. The van der Waals surface area contributed by atoms with Crippen molar-refractivity contribution in [2.24, 2.45) is 0 Å². The fraction of sp³-hybridized carbons (Fsp3) is 0.348. The van der Waals surface area contributed by atoms with Gasteiger partial charge in [0.05, 0.1) is 12.5 Å². The molecule has 0 aromatic heterocycles. The number of ether oxygens (including phenoxy) is 1. The topological polar surface area (TPSA) is 75.7 Å². The second kappa shape index (κ2) is 10.2. The van der Waals surface area contributed by atoms with Crippen LogP contribution in [-0.4, -0.2) is 30.4 Å². The summed E-state index contributed by atoms with van der Waals surface area (Å²) in [5.41, 5.74) is 2.28. The molecule has 6 nitrogen and oxygen atoms in total. The zero-order valence-corrected chi connectivity index (χ0v) is 18.9. The van der Waals surface area contributed by atoms with Crippen molar-refractivity contribution in [3.8, 4) is 0 Å². The highest BCUT2D eigenvalue weighted by Gasteiger charge is 2.23. The molecule has 1 N–H and O–H groups in total. The Balaban J connectivity index is 1.51. The van der Waals surface area contributed by atoms with Gasteiger partial charge >= 0.3 is 5.97 Å². The fourth-order valence-corrected chi connectivity index (χ4v) is 4.01. The van der Waals surface area contributed by atoms with Crippen LogP contribution >= 0.6 is 23.2 Å². The molecule has 0 spiro atoms.